The van der Waals surface area contributed by atoms with Gasteiger partial charge in [0.15, 0.2) is 0 Å². The zero-order chi connectivity index (χ0) is 14.4. The predicted octanol–water partition coefficient (Wildman–Crippen LogP) is 2.50. The van der Waals surface area contributed by atoms with Crippen molar-refractivity contribution in [3.05, 3.63) is 35.9 Å². The number of likely N-dealkylation sites (N-methyl/N-ethyl adjacent to an activating group) is 1. The third kappa shape index (κ3) is 3.90. The number of ether oxygens (including phenoxy) is 1. The minimum absolute atomic E-state index is 0.439. The van der Waals surface area contributed by atoms with Crippen LogP contribution in [0.2, 0.25) is 0 Å². The summed E-state index contributed by atoms with van der Waals surface area (Å²) in [5.74, 6) is 0.598. The number of carbonyl (C=O) groups is 1. The van der Waals surface area contributed by atoms with Crippen LogP contribution < -0.4 is 0 Å². The van der Waals surface area contributed by atoms with Crippen molar-refractivity contribution in [2.24, 2.45) is 5.92 Å². The Hall–Kier alpha value is -1.19. The summed E-state index contributed by atoms with van der Waals surface area (Å²) in [7, 11) is 2.10. The minimum atomic E-state index is -0.439. The molecule has 2 rings (SSSR count). The lowest BCUT2D eigenvalue weighted by atomic mass is 9.83. The molecule has 20 heavy (non-hydrogen) atoms. The number of hydrogen-bond acceptors (Lipinski definition) is 3. The van der Waals surface area contributed by atoms with Crippen molar-refractivity contribution in [1.82, 2.24) is 4.90 Å². The van der Waals surface area contributed by atoms with E-state index in [1.54, 1.807) is 0 Å². The van der Waals surface area contributed by atoms with Crippen molar-refractivity contribution < 1.29 is 9.53 Å². The molecular formula is C17H25NO2. The van der Waals surface area contributed by atoms with E-state index in [0.717, 1.165) is 44.6 Å². The topological polar surface area (TPSA) is 29.5 Å². The zero-order valence-corrected chi connectivity index (χ0v) is 12.5. The molecule has 3 heteroatoms. The van der Waals surface area contributed by atoms with E-state index < -0.39 is 5.41 Å². The first-order chi connectivity index (χ1) is 9.64. The first kappa shape index (κ1) is 15.2. The lowest BCUT2D eigenvalue weighted by Gasteiger charge is -2.32. The fourth-order valence-electron chi connectivity index (χ4n) is 3.03. The number of benzene rings is 1. The van der Waals surface area contributed by atoms with Gasteiger partial charge in [-0.3, -0.25) is 0 Å². The van der Waals surface area contributed by atoms with Crippen LogP contribution in [-0.4, -0.2) is 44.5 Å². The van der Waals surface area contributed by atoms with E-state index in [0.29, 0.717) is 5.92 Å². The van der Waals surface area contributed by atoms with Gasteiger partial charge in [0, 0.05) is 19.7 Å². The highest BCUT2D eigenvalue weighted by Crippen LogP contribution is 2.23. The van der Waals surface area contributed by atoms with Crippen molar-refractivity contribution in [1.29, 1.82) is 0 Å². The number of carbonyl (C=O) groups excluding carboxylic acids is 1. The molecule has 1 aromatic rings. The average Bonchev–Trinajstić information content (AvgIpc) is 2.49. The van der Waals surface area contributed by atoms with E-state index in [2.05, 4.69) is 11.9 Å². The summed E-state index contributed by atoms with van der Waals surface area (Å²) in [5.41, 5.74) is 0.646. The van der Waals surface area contributed by atoms with E-state index in [4.69, 9.17) is 4.74 Å². The number of hydrogen-bond donors (Lipinski definition) is 0. The minimum Gasteiger partial charge on any atom is -0.381 e. The van der Waals surface area contributed by atoms with Crippen LogP contribution in [0.4, 0.5) is 0 Å². The molecule has 1 aliphatic heterocycles. The molecule has 0 aromatic heterocycles. The maximum atomic E-state index is 11.6. The smallest absolute Gasteiger partial charge is 0.131 e. The zero-order valence-electron chi connectivity index (χ0n) is 12.5. The second-order valence-electron chi connectivity index (χ2n) is 6.18. The van der Waals surface area contributed by atoms with Gasteiger partial charge in [-0.1, -0.05) is 30.3 Å². The summed E-state index contributed by atoms with van der Waals surface area (Å²) in [6.07, 6.45) is 3.46. The SMILES string of the molecule is CN(CC1CCCOC1)CC(C)(C=O)c1ccccc1. The van der Waals surface area contributed by atoms with Crippen LogP contribution in [0.15, 0.2) is 30.3 Å². The number of rotatable bonds is 6. The van der Waals surface area contributed by atoms with Gasteiger partial charge < -0.3 is 14.4 Å². The van der Waals surface area contributed by atoms with Gasteiger partial charge in [0.1, 0.15) is 6.29 Å². The van der Waals surface area contributed by atoms with Gasteiger partial charge in [-0.25, -0.2) is 0 Å². The van der Waals surface area contributed by atoms with Gasteiger partial charge in [-0.15, -0.1) is 0 Å². The monoisotopic (exact) mass is 275 g/mol. The first-order valence-electron chi connectivity index (χ1n) is 7.42. The fraction of sp³-hybridized carbons (Fsp3) is 0.588. The molecule has 0 amide bonds. The Labute approximate surface area is 121 Å². The molecule has 2 unspecified atom stereocenters. The highest BCUT2D eigenvalue weighted by molar-refractivity contribution is 5.68. The standard InChI is InChI=1S/C17H25NO2/c1-17(14-19,16-8-4-3-5-9-16)13-18(2)11-15-7-6-10-20-12-15/h3-5,8-9,14-15H,6-7,10-13H2,1-2H3. The van der Waals surface area contributed by atoms with E-state index in [1.807, 2.05) is 37.3 Å². The van der Waals surface area contributed by atoms with Gasteiger partial charge in [0.25, 0.3) is 0 Å². The Morgan fingerprint density at radius 2 is 2.15 bits per heavy atom. The molecule has 0 spiro atoms. The van der Waals surface area contributed by atoms with Gasteiger partial charge in [-0.05, 0) is 38.3 Å². The lowest BCUT2D eigenvalue weighted by molar-refractivity contribution is -0.112. The van der Waals surface area contributed by atoms with Crippen molar-refractivity contribution in [2.75, 3.05) is 33.4 Å². The normalized spacial score (nSPS) is 22.4. The maximum absolute atomic E-state index is 11.6. The van der Waals surface area contributed by atoms with Crippen molar-refractivity contribution in [2.45, 2.75) is 25.2 Å². The van der Waals surface area contributed by atoms with E-state index in [9.17, 15) is 4.79 Å². The third-order valence-corrected chi connectivity index (χ3v) is 4.12. The summed E-state index contributed by atoms with van der Waals surface area (Å²) in [6.45, 7) is 5.51. The first-order valence-corrected chi connectivity index (χ1v) is 7.42. The number of nitrogens with zero attached hydrogens (tertiary/aromatic N) is 1. The largest absolute Gasteiger partial charge is 0.381 e. The molecule has 0 radical (unpaired) electrons. The summed E-state index contributed by atoms with van der Waals surface area (Å²) in [6, 6.07) is 10.0. The van der Waals surface area contributed by atoms with Gasteiger partial charge in [0.05, 0.1) is 12.0 Å². The molecule has 3 nitrogen and oxygen atoms in total. The van der Waals surface area contributed by atoms with Crippen LogP contribution >= 0.6 is 0 Å². The molecule has 1 aliphatic rings. The highest BCUT2D eigenvalue weighted by Gasteiger charge is 2.28. The summed E-state index contributed by atoms with van der Waals surface area (Å²) >= 11 is 0. The van der Waals surface area contributed by atoms with Crippen LogP contribution in [0.1, 0.15) is 25.3 Å². The molecule has 2 atom stereocenters. The average molecular weight is 275 g/mol. The number of aldehydes is 1. The molecule has 0 N–H and O–H groups in total. The van der Waals surface area contributed by atoms with Crippen molar-refractivity contribution in [3.8, 4) is 0 Å². The van der Waals surface area contributed by atoms with Crippen molar-refractivity contribution >= 4 is 6.29 Å². The van der Waals surface area contributed by atoms with Gasteiger partial charge in [-0.2, -0.15) is 0 Å². The molecule has 110 valence electrons. The van der Waals surface area contributed by atoms with Crippen LogP contribution in [0.25, 0.3) is 0 Å². The maximum Gasteiger partial charge on any atom is 0.131 e. The summed E-state index contributed by atoms with van der Waals surface area (Å²) in [4.78, 5) is 13.9. The summed E-state index contributed by atoms with van der Waals surface area (Å²) < 4.78 is 5.53. The van der Waals surface area contributed by atoms with Crippen molar-refractivity contribution in [3.63, 3.8) is 0 Å². The molecule has 1 aromatic carbocycles. The molecule has 0 bridgehead atoms. The molecule has 0 aliphatic carbocycles. The third-order valence-electron chi connectivity index (χ3n) is 4.12. The van der Waals surface area contributed by atoms with Gasteiger partial charge in [0.2, 0.25) is 0 Å². The molecule has 1 saturated heterocycles. The molecular weight excluding hydrogens is 250 g/mol. The fourth-order valence-corrected chi connectivity index (χ4v) is 3.03. The van der Waals surface area contributed by atoms with Crippen LogP contribution in [0, 0.1) is 5.92 Å². The highest BCUT2D eigenvalue weighted by atomic mass is 16.5. The molecule has 0 saturated carbocycles. The van der Waals surface area contributed by atoms with Gasteiger partial charge >= 0.3 is 0 Å². The Kier molecular flexibility index (Phi) is 5.32. The summed E-state index contributed by atoms with van der Waals surface area (Å²) in [5, 5.41) is 0. The molecule has 1 heterocycles. The Balaban J connectivity index is 1.96. The second kappa shape index (κ2) is 7.00. The Bertz CT molecular complexity index is 414. The Morgan fingerprint density at radius 1 is 1.40 bits per heavy atom. The lowest BCUT2D eigenvalue weighted by Crippen LogP contribution is -2.41. The van der Waals surface area contributed by atoms with Crippen LogP contribution in [-0.2, 0) is 14.9 Å². The molecule has 1 fully saturated rings. The predicted molar refractivity (Wildman–Crippen MR) is 80.9 cm³/mol. The van der Waals surface area contributed by atoms with Crippen LogP contribution in [0.3, 0.4) is 0 Å². The second-order valence-corrected chi connectivity index (χ2v) is 6.18. The van der Waals surface area contributed by atoms with Crippen LogP contribution in [0.5, 0.6) is 0 Å². The van der Waals surface area contributed by atoms with E-state index >= 15 is 0 Å². The van der Waals surface area contributed by atoms with E-state index in [-0.39, 0.29) is 0 Å². The van der Waals surface area contributed by atoms with E-state index in [1.165, 1.54) is 6.42 Å². The quantitative estimate of drug-likeness (QED) is 0.747. The Morgan fingerprint density at radius 3 is 2.75 bits per heavy atom.